The number of aromatic nitrogens is 1. The number of likely N-dealkylation sites (tertiary alicyclic amines) is 1. The van der Waals surface area contributed by atoms with E-state index in [1.807, 2.05) is 0 Å². The molecule has 4 rings (SSSR count). The van der Waals surface area contributed by atoms with Crippen LogP contribution < -0.4 is 11.2 Å². The van der Waals surface area contributed by atoms with Crippen molar-refractivity contribution in [3.05, 3.63) is 45.7 Å². The van der Waals surface area contributed by atoms with E-state index in [9.17, 15) is 14.4 Å². The summed E-state index contributed by atoms with van der Waals surface area (Å²) >= 11 is 0. The van der Waals surface area contributed by atoms with Crippen LogP contribution >= 0.6 is 0 Å². The van der Waals surface area contributed by atoms with Crippen molar-refractivity contribution in [2.24, 2.45) is 5.73 Å². The number of aromatic amines is 1. The standard InChI is InChI=1S/C19H22N4O4/c1-22-10-19(27-18(22)26)5-2-6-23(11-19)9-13-8-16(24)14-7-12(17(20)25)3-4-15(14)21-13/h3-4,7-8H,2,5-6,9-11H2,1H3,(H2,20,25)(H,21,24)/t19-/m1/s1. The number of nitrogens with two attached hydrogens (primary N) is 1. The molecule has 142 valence electrons. The van der Waals surface area contributed by atoms with Crippen LogP contribution in [-0.4, -0.2) is 59.1 Å². The number of hydrogen-bond acceptors (Lipinski definition) is 5. The molecule has 2 fully saturated rings. The number of amides is 2. The van der Waals surface area contributed by atoms with Gasteiger partial charge in [0.15, 0.2) is 5.43 Å². The third kappa shape index (κ3) is 3.28. The number of likely N-dealkylation sites (N-methyl/N-ethyl adjacent to an activating group) is 1. The van der Waals surface area contributed by atoms with E-state index in [1.54, 1.807) is 30.1 Å². The van der Waals surface area contributed by atoms with Crippen LogP contribution in [0.1, 0.15) is 28.9 Å². The molecule has 1 aromatic heterocycles. The number of hydrogen-bond donors (Lipinski definition) is 2. The second-order valence-electron chi connectivity index (χ2n) is 7.50. The summed E-state index contributed by atoms with van der Waals surface area (Å²) < 4.78 is 5.63. The van der Waals surface area contributed by atoms with E-state index in [1.165, 1.54) is 6.07 Å². The Hall–Kier alpha value is -2.87. The minimum absolute atomic E-state index is 0.152. The van der Waals surface area contributed by atoms with Gasteiger partial charge in [0, 0.05) is 48.4 Å². The highest BCUT2D eigenvalue weighted by Gasteiger charge is 2.46. The maximum Gasteiger partial charge on any atom is 0.410 e. The molecule has 0 bridgehead atoms. The van der Waals surface area contributed by atoms with Crippen LogP contribution in [0.2, 0.25) is 0 Å². The summed E-state index contributed by atoms with van der Waals surface area (Å²) in [5, 5.41) is 0.441. The molecule has 1 spiro atoms. The lowest BCUT2D eigenvalue weighted by Crippen LogP contribution is -2.50. The van der Waals surface area contributed by atoms with Crippen molar-refractivity contribution in [2.75, 3.05) is 26.7 Å². The van der Waals surface area contributed by atoms with Gasteiger partial charge < -0.3 is 20.4 Å². The van der Waals surface area contributed by atoms with Gasteiger partial charge in [-0.25, -0.2) is 4.79 Å². The normalized spacial score (nSPS) is 23.1. The highest BCUT2D eigenvalue weighted by Crippen LogP contribution is 2.31. The van der Waals surface area contributed by atoms with Crippen LogP contribution in [0.4, 0.5) is 4.79 Å². The summed E-state index contributed by atoms with van der Waals surface area (Å²) in [4.78, 5) is 42.7. The highest BCUT2D eigenvalue weighted by molar-refractivity contribution is 5.96. The molecule has 2 aliphatic heterocycles. The highest BCUT2D eigenvalue weighted by atomic mass is 16.6. The number of nitrogens with zero attached hydrogens (tertiary/aromatic N) is 2. The fourth-order valence-corrected chi connectivity index (χ4v) is 4.11. The van der Waals surface area contributed by atoms with Crippen LogP contribution in [0.5, 0.6) is 0 Å². The number of H-pyrrole nitrogens is 1. The predicted molar refractivity (Wildman–Crippen MR) is 99.4 cm³/mol. The van der Waals surface area contributed by atoms with E-state index in [0.29, 0.717) is 36.1 Å². The number of ether oxygens (including phenoxy) is 1. The Morgan fingerprint density at radius 2 is 2.11 bits per heavy atom. The second-order valence-corrected chi connectivity index (χ2v) is 7.50. The number of benzene rings is 1. The summed E-state index contributed by atoms with van der Waals surface area (Å²) in [6, 6.07) is 6.38. The number of pyridine rings is 1. The molecule has 3 N–H and O–H groups in total. The van der Waals surface area contributed by atoms with Crippen LogP contribution in [0.3, 0.4) is 0 Å². The Labute approximate surface area is 155 Å². The maximum absolute atomic E-state index is 12.5. The monoisotopic (exact) mass is 370 g/mol. The molecule has 8 heteroatoms. The number of primary amides is 1. The molecule has 2 aromatic rings. The largest absolute Gasteiger partial charge is 0.440 e. The summed E-state index contributed by atoms with van der Waals surface area (Å²) in [6.07, 6.45) is 1.51. The van der Waals surface area contributed by atoms with Crippen molar-refractivity contribution in [1.82, 2.24) is 14.8 Å². The van der Waals surface area contributed by atoms with Crippen molar-refractivity contribution in [1.29, 1.82) is 0 Å². The summed E-state index contributed by atoms with van der Waals surface area (Å²) in [6.45, 7) is 2.67. The molecule has 2 amide bonds. The summed E-state index contributed by atoms with van der Waals surface area (Å²) in [5.41, 5.74) is 6.44. The number of carbonyl (C=O) groups is 2. The Bertz CT molecular complexity index is 985. The smallest absolute Gasteiger partial charge is 0.410 e. The van der Waals surface area contributed by atoms with E-state index >= 15 is 0 Å². The third-order valence-corrected chi connectivity index (χ3v) is 5.32. The first-order valence-corrected chi connectivity index (χ1v) is 8.97. The van der Waals surface area contributed by atoms with Gasteiger partial charge >= 0.3 is 6.09 Å². The zero-order chi connectivity index (χ0) is 19.2. The third-order valence-electron chi connectivity index (χ3n) is 5.32. The first-order chi connectivity index (χ1) is 12.8. The van der Waals surface area contributed by atoms with Crippen molar-refractivity contribution in [3.63, 3.8) is 0 Å². The van der Waals surface area contributed by atoms with Gasteiger partial charge in [0.1, 0.15) is 5.60 Å². The number of rotatable bonds is 3. The second kappa shape index (κ2) is 6.38. The average Bonchev–Trinajstić information content (AvgIpc) is 2.87. The average molecular weight is 370 g/mol. The number of carbonyl (C=O) groups excluding carboxylic acids is 2. The van der Waals surface area contributed by atoms with Gasteiger partial charge in [-0.15, -0.1) is 0 Å². The molecule has 1 atom stereocenters. The minimum Gasteiger partial charge on any atom is -0.440 e. The van der Waals surface area contributed by atoms with E-state index in [-0.39, 0.29) is 11.5 Å². The van der Waals surface area contributed by atoms with Crippen LogP contribution in [-0.2, 0) is 11.3 Å². The van der Waals surface area contributed by atoms with Gasteiger partial charge in [0.05, 0.1) is 6.54 Å². The molecule has 0 radical (unpaired) electrons. The molecule has 0 saturated carbocycles. The van der Waals surface area contributed by atoms with Gasteiger partial charge in [0.25, 0.3) is 0 Å². The Morgan fingerprint density at radius 3 is 2.81 bits per heavy atom. The van der Waals surface area contributed by atoms with Crippen molar-refractivity contribution in [3.8, 4) is 0 Å². The summed E-state index contributed by atoms with van der Waals surface area (Å²) in [7, 11) is 1.75. The molecular weight excluding hydrogens is 348 g/mol. The molecule has 3 heterocycles. The fraction of sp³-hybridized carbons (Fsp3) is 0.421. The zero-order valence-corrected chi connectivity index (χ0v) is 15.2. The molecule has 1 aromatic carbocycles. The lowest BCUT2D eigenvalue weighted by molar-refractivity contribution is -0.0116. The van der Waals surface area contributed by atoms with Crippen molar-refractivity contribution < 1.29 is 14.3 Å². The minimum atomic E-state index is -0.560. The van der Waals surface area contributed by atoms with Gasteiger partial charge in [0.2, 0.25) is 5.91 Å². The van der Waals surface area contributed by atoms with Gasteiger partial charge in [-0.3, -0.25) is 14.5 Å². The van der Waals surface area contributed by atoms with Gasteiger partial charge in [-0.05, 0) is 37.6 Å². The van der Waals surface area contributed by atoms with Crippen molar-refractivity contribution in [2.45, 2.75) is 25.0 Å². The van der Waals surface area contributed by atoms with E-state index in [2.05, 4.69) is 9.88 Å². The predicted octanol–water partition coefficient (Wildman–Crippen LogP) is 1.04. The number of piperidine rings is 1. The van der Waals surface area contributed by atoms with Crippen LogP contribution in [0, 0.1) is 0 Å². The Morgan fingerprint density at radius 1 is 1.30 bits per heavy atom. The van der Waals surface area contributed by atoms with Gasteiger partial charge in [-0.1, -0.05) is 0 Å². The molecule has 0 unspecified atom stereocenters. The quantitative estimate of drug-likeness (QED) is 0.839. The Balaban J connectivity index is 1.56. The zero-order valence-electron chi connectivity index (χ0n) is 15.2. The summed E-state index contributed by atoms with van der Waals surface area (Å²) in [5.74, 6) is -0.560. The van der Waals surface area contributed by atoms with Crippen LogP contribution in [0.15, 0.2) is 29.1 Å². The first kappa shape index (κ1) is 17.5. The molecule has 2 aliphatic rings. The molecule has 2 saturated heterocycles. The van der Waals surface area contributed by atoms with Crippen molar-refractivity contribution >= 4 is 22.9 Å². The molecule has 0 aliphatic carbocycles. The first-order valence-electron chi connectivity index (χ1n) is 8.97. The SMILES string of the molecule is CN1C[C@@]2(CCCN(Cc3cc(=O)c4cc(C(N)=O)ccc4[nH]3)C2)OC1=O. The topological polar surface area (TPSA) is 109 Å². The van der Waals surface area contributed by atoms with E-state index < -0.39 is 11.5 Å². The van der Waals surface area contributed by atoms with E-state index in [0.717, 1.165) is 25.1 Å². The molecule has 8 nitrogen and oxygen atoms in total. The lowest BCUT2D eigenvalue weighted by atomic mass is 9.92. The van der Waals surface area contributed by atoms with Gasteiger partial charge in [-0.2, -0.15) is 0 Å². The van der Waals surface area contributed by atoms with Crippen LogP contribution in [0.25, 0.3) is 10.9 Å². The number of nitrogens with one attached hydrogen (secondary N) is 1. The lowest BCUT2D eigenvalue weighted by Gasteiger charge is -2.38. The Kier molecular flexibility index (Phi) is 4.15. The number of fused-ring (bicyclic) bond motifs is 1. The molecule has 27 heavy (non-hydrogen) atoms. The maximum atomic E-state index is 12.5. The molecular formula is C19H22N4O4. The fourth-order valence-electron chi connectivity index (χ4n) is 4.11. The van der Waals surface area contributed by atoms with E-state index in [4.69, 9.17) is 10.5 Å².